The van der Waals surface area contributed by atoms with Gasteiger partial charge in [-0.05, 0) is 0 Å². The van der Waals surface area contributed by atoms with Crippen molar-refractivity contribution in [2.24, 2.45) is 0 Å². The molecule has 0 amide bonds. The Kier molecular flexibility index (Phi) is 5.22. The fourth-order valence-electron chi connectivity index (χ4n) is 0.455. The molecular weight excluding hydrogens is 148 g/mol. The van der Waals surface area contributed by atoms with Crippen LogP contribution in [0, 0.1) is 0 Å². The molecule has 0 aliphatic rings. The molecule has 0 aliphatic carbocycles. The number of hydrogen-bond acceptors (Lipinski definition) is 2. The summed E-state index contributed by atoms with van der Waals surface area (Å²) < 4.78 is 0. The summed E-state index contributed by atoms with van der Waals surface area (Å²) in [6.07, 6.45) is 3.99. The molecular formula is C7H15ClN2. The van der Waals surface area contributed by atoms with Gasteiger partial charge in [-0.25, -0.2) is 0 Å². The molecule has 0 N–H and O–H groups in total. The lowest BCUT2D eigenvalue weighted by molar-refractivity contribution is 0.464. The lowest BCUT2D eigenvalue weighted by atomic mass is 10.6. The van der Waals surface area contributed by atoms with Crippen molar-refractivity contribution in [3.05, 3.63) is 12.4 Å². The zero-order valence-corrected chi connectivity index (χ0v) is 7.60. The van der Waals surface area contributed by atoms with Crippen LogP contribution in [0.5, 0.6) is 0 Å². The van der Waals surface area contributed by atoms with E-state index in [0.29, 0.717) is 5.88 Å². The molecule has 0 aliphatic heterocycles. The number of alkyl halides is 1. The van der Waals surface area contributed by atoms with Gasteiger partial charge >= 0.3 is 0 Å². The van der Waals surface area contributed by atoms with Gasteiger partial charge in [-0.15, -0.1) is 11.6 Å². The van der Waals surface area contributed by atoms with Crippen molar-refractivity contribution in [3.8, 4) is 0 Å². The Morgan fingerprint density at radius 1 is 1.20 bits per heavy atom. The van der Waals surface area contributed by atoms with E-state index in [2.05, 4.69) is 0 Å². The lowest BCUT2D eigenvalue weighted by Crippen LogP contribution is -2.14. The molecule has 0 heterocycles. The largest absolute Gasteiger partial charge is 0.382 e. The van der Waals surface area contributed by atoms with E-state index in [-0.39, 0.29) is 0 Å². The maximum Gasteiger partial charge on any atom is 0.0399 e. The number of rotatable bonds is 4. The van der Waals surface area contributed by atoms with Gasteiger partial charge in [0.05, 0.1) is 0 Å². The van der Waals surface area contributed by atoms with Crippen LogP contribution in [0.4, 0.5) is 0 Å². The molecule has 60 valence electrons. The fraction of sp³-hybridized carbons (Fsp3) is 0.714. The molecule has 0 saturated carbocycles. The van der Waals surface area contributed by atoms with Crippen molar-refractivity contribution >= 4 is 11.6 Å². The van der Waals surface area contributed by atoms with Crippen molar-refractivity contribution < 1.29 is 0 Å². The summed E-state index contributed by atoms with van der Waals surface area (Å²) in [5.74, 6) is 0.675. The second-order valence-corrected chi connectivity index (χ2v) is 2.81. The normalized spacial score (nSPS) is 10.4. The molecule has 10 heavy (non-hydrogen) atoms. The van der Waals surface area contributed by atoms with Crippen molar-refractivity contribution in [1.29, 1.82) is 0 Å². The van der Waals surface area contributed by atoms with Gasteiger partial charge in [0.1, 0.15) is 0 Å². The van der Waals surface area contributed by atoms with Crippen molar-refractivity contribution in [2.75, 3.05) is 33.6 Å². The minimum absolute atomic E-state index is 0.675. The van der Waals surface area contributed by atoms with Crippen LogP contribution in [0.25, 0.3) is 0 Å². The van der Waals surface area contributed by atoms with Gasteiger partial charge in [0, 0.05) is 46.0 Å². The van der Waals surface area contributed by atoms with Crippen molar-refractivity contribution in [1.82, 2.24) is 9.80 Å². The summed E-state index contributed by atoms with van der Waals surface area (Å²) >= 11 is 5.52. The quantitative estimate of drug-likeness (QED) is 0.573. The van der Waals surface area contributed by atoms with Crippen LogP contribution in [0.3, 0.4) is 0 Å². The Labute approximate surface area is 68.1 Å². The third-order valence-electron chi connectivity index (χ3n) is 1.06. The first-order chi connectivity index (χ1) is 4.66. The second-order valence-electron chi connectivity index (χ2n) is 2.43. The highest BCUT2D eigenvalue weighted by Crippen LogP contribution is 1.86. The lowest BCUT2D eigenvalue weighted by Gasteiger charge is -2.12. The van der Waals surface area contributed by atoms with Crippen molar-refractivity contribution in [3.63, 3.8) is 0 Å². The Morgan fingerprint density at radius 3 is 2.20 bits per heavy atom. The molecule has 0 radical (unpaired) electrons. The smallest absolute Gasteiger partial charge is 0.0399 e. The van der Waals surface area contributed by atoms with Crippen molar-refractivity contribution in [2.45, 2.75) is 0 Å². The number of hydrogen-bond donors (Lipinski definition) is 0. The summed E-state index contributed by atoms with van der Waals surface area (Å²) in [7, 11) is 5.98. The van der Waals surface area contributed by atoms with E-state index < -0.39 is 0 Å². The second kappa shape index (κ2) is 5.42. The zero-order chi connectivity index (χ0) is 7.98. The van der Waals surface area contributed by atoms with E-state index in [0.717, 1.165) is 6.54 Å². The average molecular weight is 163 g/mol. The highest BCUT2D eigenvalue weighted by atomic mass is 35.5. The van der Waals surface area contributed by atoms with Crippen LogP contribution in [-0.2, 0) is 0 Å². The highest BCUT2D eigenvalue weighted by molar-refractivity contribution is 6.18. The summed E-state index contributed by atoms with van der Waals surface area (Å²) in [5.41, 5.74) is 0. The van der Waals surface area contributed by atoms with Crippen LogP contribution in [0.15, 0.2) is 12.4 Å². The van der Waals surface area contributed by atoms with E-state index in [1.165, 1.54) is 0 Å². The highest BCUT2D eigenvalue weighted by Gasteiger charge is 1.86. The third kappa shape index (κ3) is 5.76. The van der Waals surface area contributed by atoms with E-state index >= 15 is 0 Å². The summed E-state index contributed by atoms with van der Waals surface area (Å²) in [6.45, 7) is 0.895. The summed E-state index contributed by atoms with van der Waals surface area (Å²) in [6, 6.07) is 0. The molecule has 0 bridgehead atoms. The van der Waals surface area contributed by atoms with Gasteiger partial charge in [0.2, 0.25) is 0 Å². The first kappa shape index (κ1) is 9.63. The predicted octanol–water partition coefficient (Wildman–Crippen LogP) is 1.19. The van der Waals surface area contributed by atoms with Crippen LogP contribution in [-0.4, -0.2) is 43.4 Å². The van der Waals surface area contributed by atoms with Gasteiger partial charge in [-0.1, -0.05) is 0 Å². The molecule has 0 aromatic rings. The first-order valence-electron chi connectivity index (χ1n) is 3.27. The van der Waals surface area contributed by atoms with Gasteiger partial charge in [0.15, 0.2) is 0 Å². The summed E-state index contributed by atoms with van der Waals surface area (Å²) in [5, 5.41) is 0. The molecule has 0 rings (SSSR count). The maximum atomic E-state index is 5.52. The third-order valence-corrected chi connectivity index (χ3v) is 1.23. The van der Waals surface area contributed by atoms with Gasteiger partial charge in [0.25, 0.3) is 0 Å². The fourth-order valence-corrected chi connectivity index (χ4v) is 0.722. The Bertz CT molecular complexity index is 102. The minimum atomic E-state index is 0.675. The first-order valence-corrected chi connectivity index (χ1v) is 3.81. The topological polar surface area (TPSA) is 6.48 Å². The SMILES string of the molecule is CN(C)/C=C\N(C)CCCl. The van der Waals surface area contributed by atoms with Gasteiger partial charge in [-0.2, -0.15) is 0 Å². The van der Waals surface area contributed by atoms with Crippen LogP contribution >= 0.6 is 11.6 Å². The van der Waals surface area contributed by atoms with E-state index in [4.69, 9.17) is 11.6 Å². The van der Waals surface area contributed by atoms with Crippen LogP contribution in [0.2, 0.25) is 0 Å². The van der Waals surface area contributed by atoms with E-state index in [9.17, 15) is 0 Å². The monoisotopic (exact) mass is 162 g/mol. The molecule has 0 spiro atoms. The predicted molar refractivity (Wildman–Crippen MR) is 46.2 cm³/mol. The van der Waals surface area contributed by atoms with E-state index in [1.807, 2.05) is 43.3 Å². The molecule has 0 unspecified atom stereocenters. The number of nitrogens with zero attached hydrogens (tertiary/aromatic N) is 2. The van der Waals surface area contributed by atoms with Crippen LogP contribution in [0.1, 0.15) is 0 Å². The maximum absolute atomic E-state index is 5.52. The standard InChI is InChI=1S/C7H15ClN2/c1-9(2)6-7-10(3)5-4-8/h6-7H,4-5H2,1-3H3/b7-6-. The molecule has 0 aromatic heterocycles. The summed E-state index contributed by atoms with van der Waals surface area (Å²) in [4.78, 5) is 4.04. The molecule has 3 heteroatoms. The zero-order valence-electron chi connectivity index (χ0n) is 6.84. The molecule has 0 saturated heterocycles. The van der Waals surface area contributed by atoms with Gasteiger partial charge in [-0.3, -0.25) is 0 Å². The molecule has 0 atom stereocenters. The Morgan fingerprint density at radius 2 is 1.80 bits per heavy atom. The Hall–Kier alpha value is -0.370. The molecule has 2 nitrogen and oxygen atoms in total. The molecule has 0 fully saturated rings. The molecule has 0 aromatic carbocycles. The van der Waals surface area contributed by atoms with Gasteiger partial charge < -0.3 is 9.80 Å². The Balaban J connectivity index is 3.45. The minimum Gasteiger partial charge on any atom is -0.382 e. The van der Waals surface area contributed by atoms with Crippen LogP contribution < -0.4 is 0 Å². The number of halogens is 1. The van der Waals surface area contributed by atoms with E-state index in [1.54, 1.807) is 0 Å². The average Bonchev–Trinajstić information content (AvgIpc) is 1.85.